The molecule has 1 aliphatic heterocycles. The molecule has 1 fully saturated rings. The summed E-state index contributed by atoms with van der Waals surface area (Å²) >= 11 is 0. The summed E-state index contributed by atoms with van der Waals surface area (Å²) in [5, 5.41) is 0. The zero-order valence-corrected chi connectivity index (χ0v) is 8.78. The highest BCUT2D eigenvalue weighted by Gasteiger charge is 2.14. The lowest BCUT2D eigenvalue weighted by Gasteiger charge is -2.28. The number of likely N-dealkylation sites (tertiary alicyclic amines) is 1. The van der Waals surface area contributed by atoms with Crippen LogP contribution in [-0.4, -0.2) is 24.5 Å². The van der Waals surface area contributed by atoms with Gasteiger partial charge in [0.25, 0.3) is 0 Å². The van der Waals surface area contributed by atoms with Crippen molar-refractivity contribution in [1.29, 1.82) is 0 Å². The molecule has 14 heavy (non-hydrogen) atoms. The molecule has 0 saturated carbocycles. The molecule has 0 spiro atoms. The van der Waals surface area contributed by atoms with E-state index in [1.54, 1.807) is 0 Å². The molecular formula is C13H19N. The molecule has 0 unspecified atom stereocenters. The molecule has 0 N–H and O–H groups in total. The van der Waals surface area contributed by atoms with Crippen LogP contribution in [0.4, 0.5) is 0 Å². The van der Waals surface area contributed by atoms with Gasteiger partial charge >= 0.3 is 0 Å². The van der Waals surface area contributed by atoms with Gasteiger partial charge < -0.3 is 0 Å². The Labute approximate surface area is 86.8 Å². The average molecular weight is 189 g/mol. The van der Waals surface area contributed by atoms with Crippen molar-refractivity contribution < 1.29 is 0 Å². The SMILES string of the molecule is C=C(CN1CCCCC1)C1C=CC=C1. The highest BCUT2D eigenvalue weighted by molar-refractivity contribution is 5.27. The molecule has 2 aliphatic rings. The van der Waals surface area contributed by atoms with Crippen LogP contribution in [0, 0.1) is 5.92 Å². The molecule has 76 valence electrons. The Bertz CT molecular complexity index is 244. The van der Waals surface area contributed by atoms with Crippen molar-refractivity contribution in [1.82, 2.24) is 4.90 Å². The Morgan fingerprint density at radius 1 is 1.14 bits per heavy atom. The van der Waals surface area contributed by atoms with Crippen molar-refractivity contribution >= 4 is 0 Å². The molecule has 0 atom stereocenters. The second-order valence-corrected chi connectivity index (χ2v) is 4.29. The fraction of sp³-hybridized carbons (Fsp3) is 0.538. The Morgan fingerprint density at radius 3 is 2.43 bits per heavy atom. The molecule has 1 heterocycles. The van der Waals surface area contributed by atoms with Gasteiger partial charge in [0.05, 0.1) is 0 Å². The predicted octanol–water partition coefficient (Wildman–Crippen LogP) is 2.77. The van der Waals surface area contributed by atoms with Crippen LogP contribution in [0.1, 0.15) is 19.3 Å². The third-order valence-corrected chi connectivity index (χ3v) is 3.09. The van der Waals surface area contributed by atoms with E-state index in [0.717, 1.165) is 6.54 Å². The number of allylic oxidation sites excluding steroid dienone is 4. The van der Waals surface area contributed by atoms with Crippen LogP contribution in [0.5, 0.6) is 0 Å². The smallest absolute Gasteiger partial charge is 0.0199 e. The van der Waals surface area contributed by atoms with Gasteiger partial charge in [0.15, 0.2) is 0 Å². The molecule has 1 saturated heterocycles. The van der Waals surface area contributed by atoms with Crippen LogP contribution in [0.2, 0.25) is 0 Å². The zero-order chi connectivity index (χ0) is 9.80. The summed E-state index contributed by atoms with van der Waals surface area (Å²) in [7, 11) is 0. The van der Waals surface area contributed by atoms with Crippen molar-refractivity contribution in [2.75, 3.05) is 19.6 Å². The van der Waals surface area contributed by atoms with Crippen LogP contribution < -0.4 is 0 Å². The van der Waals surface area contributed by atoms with Crippen LogP contribution >= 0.6 is 0 Å². The number of nitrogens with zero attached hydrogens (tertiary/aromatic N) is 1. The Hall–Kier alpha value is -0.820. The first kappa shape index (κ1) is 9.72. The van der Waals surface area contributed by atoms with E-state index in [2.05, 4.69) is 35.8 Å². The van der Waals surface area contributed by atoms with Crippen molar-refractivity contribution in [2.24, 2.45) is 5.92 Å². The number of hydrogen-bond donors (Lipinski definition) is 0. The number of piperidine rings is 1. The maximum absolute atomic E-state index is 4.19. The second kappa shape index (κ2) is 4.61. The predicted molar refractivity (Wildman–Crippen MR) is 61.2 cm³/mol. The van der Waals surface area contributed by atoms with Gasteiger partial charge in [-0.15, -0.1) is 0 Å². The summed E-state index contributed by atoms with van der Waals surface area (Å²) in [6.07, 6.45) is 12.8. The van der Waals surface area contributed by atoms with E-state index < -0.39 is 0 Å². The summed E-state index contributed by atoms with van der Waals surface area (Å²) in [6, 6.07) is 0. The van der Waals surface area contributed by atoms with Crippen molar-refractivity contribution in [2.45, 2.75) is 19.3 Å². The highest BCUT2D eigenvalue weighted by Crippen LogP contribution is 2.20. The van der Waals surface area contributed by atoms with E-state index in [9.17, 15) is 0 Å². The fourth-order valence-electron chi connectivity index (χ4n) is 2.21. The maximum Gasteiger partial charge on any atom is 0.0199 e. The topological polar surface area (TPSA) is 3.24 Å². The van der Waals surface area contributed by atoms with Gasteiger partial charge in [0.2, 0.25) is 0 Å². The molecule has 1 nitrogen and oxygen atoms in total. The fourth-order valence-corrected chi connectivity index (χ4v) is 2.21. The van der Waals surface area contributed by atoms with Gasteiger partial charge in [-0.25, -0.2) is 0 Å². The lowest BCUT2D eigenvalue weighted by molar-refractivity contribution is 0.244. The monoisotopic (exact) mass is 189 g/mol. The van der Waals surface area contributed by atoms with Crippen molar-refractivity contribution in [3.63, 3.8) is 0 Å². The molecule has 0 amide bonds. The minimum absolute atomic E-state index is 0.497. The third kappa shape index (κ3) is 2.36. The molecule has 0 aromatic carbocycles. The van der Waals surface area contributed by atoms with E-state index in [0.29, 0.717) is 5.92 Å². The molecule has 0 aromatic heterocycles. The Kier molecular flexibility index (Phi) is 3.20. The van der Waals surface area contributed by atoms with Crippen molar-refractivity contribution in [3.05, 3.63) is 36.5 Å². The largest absolute Gasteiger partial charge is 0.299 e. The summed E-state index contributed by atoms with van der Waals surface area (Å²) in [4.78, 5) is 2.53. The van der Waals surface area contributed by atoms with E-state index in [-0.39, 0.29) is 0 Å². The Morgan fingerprint density at radius 2 is 1.79 bits per heavy atom. The quantitative estimate of drug-likeness (QED) is 0.617. The van der Waals surface area contributed by atoms with E-state index in [4.69, 9.17) is 0 Å². The second-order valence-electron chi connectivity index (χ2n) is 4.29. The molecular weight excluding hydrogens is 170 g/mol. The lowest BCUT2D eigenvalue weighted by atomic mass is 10.0. The highest BCUT2D eigenvalue weighted by atomic mass is 15.1. The van der Waals surface area contributed by atoms with Crippen LogP contribution in [-0.2, 0) is 0 Å². The van der Waals surface area contributed by atoms with Crippen LogP contribution in [0.3, 0.4) is 0 Å². The first-order valence-electron chi connectivity index (χ1n) is 5.61. The van der Waals surface area contributed by atoms with Gasteiger partial charge in [-0.2, -0.15) is 0 Å². The summed E-state index contributed by atoms with van der Waals surface area (Å²) < 4.78 is 0. The standard InChI is InChI=1S/C13H19N/c1-12(13-7-3-4-8-13)11-14-9-5-2-6-10-14/h3-4,7-8,13H,1-2,5-6,9-11H2. The van der Waals surface area contributed by atoms with E-state index >= 15 is 0 Å². The molecule has 0 bridgehead atoms. The maximum atomic E-state index is 4.19. The molecule has 1 aliphatic carbocycles. The van der Waals surface area contributed by atoms with Crippen LogP contribution in [0.25, 0.3) is 0 Å². The average Bonchev–Trinajstić information content (AvgIpc) is 2.72. The van der Waals surface area contributed by atoms with Gasteiger partial charge in [0, 0.05) is 12.5 Å². The summed E-state index contributed by atoms with van der Waals surface area (Å²) in [6.45, 7) is 7.80. The molecule has 0 aromatic rings. The summed E-state index contributed by atoms with van der Waals surface area (Å²) in [5.74, 6) is 0.497. The van der Waals surface area contributed by atoms with E-state index in [1.165, 1.54) is 37.9 Å². The normalized spacial score (nSPS) is 23.1. The van der Waals surface area contributed by atoms with Crippen LogP contribution in [0.15, 0.2) is 36.5 Å². The van der Waals surface area contributed by atoms with E-state index in [1.807, 2.05) is 0 Å². The zero-order valence-electron chi connectivity index (χ0n) is 8.78. The van der Waals surface area contributed by atoms with Gasteiger partial charge in [-0.05, 0) is 25.9 Å². The summed E-state index contributed by atoms with van der Waals surface area (Å²) in [5.41, 5.74) is 1.34. The van der Waals surface area contributed by atoms with Gasteiger partial charge in [-0.3, -0.25) is 4.90 Å². The van der Waals surface area contributed by atoms with Gasteiger partial charge in [0.1, 0.15) is 0 Å². The minimum atomic E-state index is 0.497. The minimum Gasteiger partial charge on any atom is -0.299 e. The first-order valence-corrected chi connectivity index (χ1v) is 5.61. The molecule has 2 rings (SSSR count). The first-order chi connectivity index (χ1) is 6.86. The lowest BCUT2D eigenvalue weighted by Crippen LogP contribution is -2.32. The number of rotatable bonds is 3. The Balaban J connectivity index is 1.81. The molecule has 0 radical (unpaired) electrons. The third-order valence-electron chi connectivity index (χ3n) is 3.09. The number of hydrogen-bond acceptors (Lipinski definition) is 1. The van der Waals surface area contributed by atoms with Crippen molar-refractivity contribution in [3.8, 4) is 0 Å². The van der Waals surface area contributed by atoms with Gasteiger partial charge in [-0.1, -0.05) is 42.9 Å². The molecule has 1 heteroatoms.